The summed E-state index contributed by atoms with van der Waals surface area (Å²) in [6.45, 7) is 10.9. The second-order valence-electron chi connectivity index (χ2n) is 8.98. The Morgan fingerprint density at radius 2 is 1.34 bits per heavy atom. The van der Waals surface area contributed by atoms with Gasteiger partial charge in [-0.1, -0.05) is 0 Å². The fraction of sp³-hybridized carbons (Fsp3) is 0.840. The van der Waals surface area contributed by atoms with Crippen molar-refractivity contribution in [1.29, 1.82) is 0 Å². The van der Waals surface area contributed by atoms with Crippen LogP contribution in [0.5, 0.6) is 0 Å². The zero-order valence-electron chi connectivity index (χ0n) is 19.7. The molecule has 0 amide bonds. The van der Waals surface area contributed by atoms with Crippen LogP contribution in [0, 0.1) is 0 Å². The van der Waals surface area contributed by atoms with Gasteiger partial charge in [0.1, 0.15) is 0 Å². The van der Waals surface area contributed by atoms with Crippen molar-refractivity contribution in [3.8, 4) is 0 Å². The molecule has 0 saturated carbocycles. The van der Waals surface area contributed by atoms with Crippen LogP contribution in [0.3, 0.4) is 0 Å². The molecule has 1 aliphatic rings. The SMILES string of the molecule is CCCCCCc1c[c]([Sn]([CH2]CCC)([CH2]CCC)[CH2]CCC)sc1C1OCCO1. The third-order valence-corrected chi connectivity index (χ3v) is 25.9. The van der Waals surface area contributed by atoms with Gasteiger partial charge in [-0.15, -0.1) is 0 Å². The number of hydrogen-bond acceptors (Lipinski definition) is 3. The summed E-state index contributed by atoms with van der Waals surface area (Å²) < 4.78 is 18.5. The minimum atomic E-state index is -2.37. The summed E-state index contributed by atoms with van der Waals surface area (Å²) >= 11 is -0.246. The summed E-state index contributed by atoms with van der Waals surface area (Å²) in [7, 11) is 0. The van der Waals surface area contributed by atoms with Crippen LogP contribution in [0.25, 0.3) is 0 Å². The van der Waals surface area contributed by atoms with Gasteiger partial charge in [0.05, 0.1) is 0 Å². The van der Waals surface area contributed by atoms with Crippen LogP contribution in [0.2, 0.25) is 13.3 Å². The summed E-state index contributed by atoms with van der Waals surface area (Å²) in [6.07, 6.45) is 14.8. The van der Waals surface area contributed by atoms with Crippen molar-refractivity contribution in [2.45, 2.75) is 118 Å². The van der Waals surface area contributed by atoms with E-state index in [-0.39, 0.29) is 6.29 Å². The first-order valence-electron chi connectivity index (χ1n) is 12.6. The Morgan fingerprint density at radius 3 is 1.86 bits per heavy atom. The van der Waals surface area contributed by atoms with Crippen molar-refractivity contribution in [3.63, 3.8) is 0 Å². The van der Waals surface area contributed by atoms with E-state index in [0.29, 0.717) is 0 Å². The predicted molar refractivity (Wildman–Crippen MR) is 131 cm³/mol. The summed E-state index contributed by atoms with van der Waals surface area (Å²) in [4.78, 5) is 1.43. The molecule has 1 fully saturated rings. The van der Waals surface area contributed by atoms with Crippen LogP contribution in [0.1, 0.15) is 109 Å². The van der Waals surface area contributed by atoms with E-state index in [0.717, 1.165) is 13.2 Å². The van der Waals surface area contributed by atoms with E-state index in [1.807, 2.05) is 2.89 Å². The Labute approximate surface area is 189 Å². The van der Waals surface area contributed by atoms with Crippen molar-refractivity contribution in [2.24, 2.45) is 0 Å². The van der Waals surface area contributed by atoms with Gasteiger partial charge in [-0.2, -0.15) is 0 Å². The molecule has 0 radical (unpaired) electrons. The average Bonchev–Trinajstić information content (AvgIpc) is 3.41. The van der Waals surface area contributed by atoms with Gasteiger partial charge in [-0.3, -0.25) is 0 Å². The van der Waals surface area contributed by atoms with Crippen molar-refractivity contribution in [1.82, 2.24) is 0 Å². The van der Waals surface area contributed by atoms with Crippen LogP contribution in [0.15, 0.2) is 6.07 Å². The third kappa shape index (κ3) is 7.80. The van der Waals surface area contributed by atoms with Gasteiger partial charge in [0, 0.05) is 0 Å². The van der Waals surface area contributed by atoms with Crippen molar-refractivity contribution in [2.75, 3.05) is 13.2 Å². The molecule has 0 spiro atoms. The minimum absolute atomic E-state index is 0.0811. The van der Waals surface area contributed by atoms with E-state index >= 15 is 0 Å². The number of unbranched alkanes of at least 4 members (excludes halogenated alkanes) is 6. The molecule has 0 atom stereocenters. The Morgan fingerprint density at radius 1 is 0.793 bits per heavy atom. The van der Waals surface area contributed by atoms with Gasteiger partial charge in [0.2, 0.25) is 0 Å². The molecule has 0 bridgehead atoms. The molecule has 0 N–H and O–H groups in total. The molecule has 0 aliphatic carbocycles. The molecule has 4 heteroatoms. The molecule has 2 heterocycles. The molecular formula is C25H46O2SSn. The van der Waals surface area contributed by atoms with Gasteiger partial charge in [-0.05, 0) is 0 Å². The van der Waals surface area contributed by atoms with E-state index in [2.05, 4.69) is 45.1 Å². The number of rotatable bonds is 16. The topological polar surface area (TPSA) is 18.5 Å². The number of ether oxygens (including phenoxy) is 2. The van der Waals surface area contributed by atoms with Gasteiger partial charge in [-0.25, -0.2) is 0 Å². The van der Waals surface area contributed by atoms with Crippen molar-refractivity contribution in [3.05, 3.63) is 16.5 Å². The first kappa shape index (κ1) is 25.7. The average molecular weight is 529 g/mol. The fourth-order valence-electron chi connectivity index (χ4n) is 4.64. The quantitative estimate of drug-likeness (QED) is 0.160. The summed E-state index contributed by atoms with van der Waals surface area (Å²) in [5.74, 6) is 0. The normalized spacial score (nSPS) is 15.4. The molecule has 2 rings (SSSR count). The Hall–Kier alpha value is 0.419. The second kappa shape index (κ2) is 14.5. The molecule has 1 aromatic rings. The van der Waals surface area contributed by atoms with Gasteiger partial charge >= 0.3 is 190 Å². The maximum absolute atomic E-state index is 5.99. The zero-order chi connectivity index (χ0) is 21.0. The van der Waals surface area contributed by atoms with Gasteiger partial charge in [0.25, 0.3) is 0 Å². The Balaban J connectivity index is 2.33. The Bertz CT molecular complexity index is 529. The number of thiophene rings is 1. The fourth-order valence-corrected chi connectivity index (χ4v) is 25.1. The van der Waals surface area contributed by atoms with E-state index < -0.39 is 18.4 Å². The molecule has 168 valence electrons. The first-order chi connectivity index (χ1) is 14.2. The van der Waals surface area contributed by atoms with E-state index in [9.17, 15) is 0 Å². The van der Waals surface area contributed by atoms with Crippen LogP contribution >= 0.6 is 11.3 Å². The molecule has 0 unspecified atom stereocenters. The van der Waals surface area contributed by atoms with Crippen LogP contribution in [0.4, 0.5) is 0 Å². The summed E-state index contributed by atoms with van der Waals surface area (Å²) in [5.41, 5.74) is 1.57. The molecule has 2 nitrogen and oxygen atoms in total. The predicted octanol–water partition coefficient (Wildman–Crippen LogP) is 7.97. The number of aryl methyl sites for hydroxylation is 1. The molecule has 1 aliphatic heterocycles. The summed E-state index contributed by atoms with van der Waals surface area (Å²) in [6, 6.07) is 2.67. The zero-order valence-corrected chi connectivity index (χ0v) is 23.4. The van der Waals surface area contributed by atoms with Crippen LogP contribution < -0.4 is 2.89 Å². The molecule has 1 aromatic heterocycles. The Kier molecular flexibility index (Phi) is 12.8. The van der Waals surface area contributed by atoms with Gasteiger partial charge < -0.3 is 0 Å². The van der Waals surface area contributed by atoms with Crippen LogP contribution in [-0.2, 0) is 15.9 Å². The van der Waals surface area contributed by atoms with E-state index in [4.69, 9.17) is 9.47 Å². The maximum atomic E-state index is 5.99. The molecular weight excluding hydrogens is 483 g/mol. The third-order valence-electron chi connectivity index (χ3n) is 6.53. The standard InChI is InChI=1S/C13H19O2S.3C4H9.Sn/c1-2-3-4-5-6-11-7-10-16-12(11)13-14-8-9-15-13;3*1-3-4-2;/h7,13H,2-6,8-9H2,1H3;3*1,3-4H2,2H3;. The van der Waals surface area contributed by atoms with E-state index in [1.165, 1.54) is 75.5 Å². The van der Waals surface area contributed by atoms with Crippen molar-refractivity contribution >= 4 is 32.6 Å². The molecule has 29 heavy (non-hydrogen) atoms. The summed E-state index contributed by atoms with van der Waals surface area (Å²) in [5, 5.41) is 0. The monoisotopic (exact) mass is 530 g/mol. The van der Waals surface area contributed by atoms with Crippen molar-refractivity contribution < 1.29 is 9.47 Å². The first-order valence-corrected chi connectivity index (χ1v) is 20.9. The molecule has 0 aromatic carbocycles. The van der Waals surface area contributed by atoms with E-state index in [1.54, 1.807) is 18.9 Å². The number of hydrogen-bond donors (Lipinski definition) is 0. The molecule has 1 saturated heterocycles. The van der Waals surface area contributed by atoms with Gasteiger partial charge in [0.15, 0.2) is 0 Å². The second-order valence-corrected chi connectivity index (χ2v) is 24.2. The van der Waals surface area contributed by atoms with Crippen LogP contribution in [-0.4, -0.2) is 31.6 Å².